The third-order valence-corrected chi connectivity index (χ3v) is 4.28. The third-order valence-electron chi connectivity index (χ3n) is 1.74. The largest absolute Gasteiger partial charge is 0.280 e. The maximum Gasteiger partial charge on any atom is 0.280 e. The fourth-order valence-electron chi connectivity index (χ4n) is 0.988. The molecule has 0 bridgehead atoms. The number of non-ortho nitro benzene ring substituents is 1. The van der Waals surface area contributed by atoms with Crippen LogP contribution in [0.15, 0.2) is 23.1 Å². The molecule has 0 saturated heterocycles. The molecule has 0 aliphatic carbocycles. The topological polar surface area (TPSA) is 89.8 Å². The van der Waals surface area contributed by atoms with Gasteiger partial charge in [-0.15, -0.1) is 0 Å². The van der Waals surface area contributed by atoms with Crippen molar-refractivity contribution in [2.45, 2.75) is 4.90 Å². The van der Waals surface area contributed by atoms with Crippen LogP contribution < -0.4 is 0 Å². The summed E-state index contributed by atoms with van der Waals surface area (Å²) < 4.78 is 23.4. The van der Waals surface area contributed by atoms with E-state index < -0.39 is 14.9 Å². The summed E-state index contributed by atoms with van der Waals surface area (Å²) in [6.07, 6.45) is 0. The average Bonchev–Trinajstić information content (AvgIpc) is 2.27. The number of nitro benzene ring substituents is 1. The minimum Gasteiger partial charge on any atom is -0.273 e. The Morgan fingerprint density at radius 1 is 1.47 bits per heavy atom. The Kier molecular flexibility index (Phi) is 4.28. The molecule has 0 fully saturated rings. The van der Waals surface area contributed by atoms with E-state index in [1.165, 1.54) is 0 Å². The zero-order chi connectivity index (χ0) is 13.2. The quantitative estimate of drug-likeness (QED) is 0.481. The van der Waals surface area contributed by atoms with Crippen LogP contribution in [0.1, 0.15) is 0 Å². The number of nitro groups is 1. The van der Waals surface area contributed by atoms with Gasteiger partial charge in [-0.3, -0.25) is 15.0 Å². The second kappa shape index (κ2) is 5.15. The van der Waals surface area contributed by atoms with Crippen molar-refractivity contribution >= 4 is 39.1 Å². The number of rotatable bonds is 4. The van der Waals surface area contributed by atoms with E-state index in [-0.39, 0.29) is 19.6 Å². The highest BCUT2D eigenvalue weighted by Crippen LogP contribution is 2.29. The second-order valence-electron chi connectivity index (χ2n) is 2.74. The average molecular weight is 301 g/mol. The molecule has 0 unspecified atom stereocenters. The summed E-state index contributed by atoms with van der Waals surface area (Å²) in [4.78, 5) is 13.7. The lowest BCUT2D eigenvalue weighted by Gasteiger charge is -2.11. The highest BCUT2D eigenvalue weighted by molar-refractivity contribution is 7.90. The van der Waals surface area contributed by atoms with Gasteiger partial charge in [0.05, 0.1) is 17.1 Å². The number of benzene rings is 1. The van der Waals surface area contributed by atoms with Crippen LogP contribution in [0.2, 0.25) is 5.02 Å². The maximum absolute atomic E-state index is 11.7. The van der Waals surface area contributed by atoms with E-state index in [2.05, 4.69) is 4.84 Å². The first kappa shape index (κ1) is 14.1. The number of nitrogens with zero attached hydrogens (tertiary/aromatic N) is 2. The predicted molar refractivity (Wildman–Crippen MR) is 60.0 cm³/mol. The van der Waals surface area contributed by atoms with Crippen LogP contribution in [0.25, 0.3) is 0 Å². The smallest absolute Gasteiger partial charge is 0.273 e. The van der Waals surface area contributed by atoms with Crippen LogP contribution in [-0.2, 0) is 14.9 Å². The van der Waals surface area contributed by atoms with Crippen LogP contribution in [0.4, 0.5) is 5.69 Å². The van der Waals surface area contributed by atoms with Gasteiger partial charge in [0.25, 0.3) is 15.7 Å². The van der Waals surface area contributed by atoms with Gasteiger partial charge in [0, 0.05) is 27.9 Å². The fraction of sp³-hybridized carbons (Fsp3) is 0.143. The molecule has 0 amide bonds. The van der Waals surface area contributed by atoms with Crippen molar-refractivity contribution in [2.75, 3.05) is 7.11 Å². The molecule has 7 nitrogen and oxygen atoms in total. The molecule has 1 aromatic rings. The molecule has 0 N–H and O–H groups in total. The number of hydrogen-bond donors (Lipinski definition) is 0. The minimum absolute atomic E-state index is 0.0834. The lowest BCUT2D eigenvalue weighted by atomic mass is 10.3. The number of hydrogen-bond acceptors (Lipinski definition) is 5. The Morgan fingerprint density at radius 2 is 2.06 bits per heavy atom. The molecule has 0 atom stereocenters. The van der Waals surface area contributed by atoms with Crippen LogP contribution in [0, 0.1) is 10.1 Å². The van der Waals surface area contributed by atoms with Gasteiger partial charge in [-0.25, -0.2) is 8.42 Å². The zero-order valence-electron chi connectivity index (χ0n) is 8.33. The van der Waals surface area contributed by atoms with Crippen molar-refractivity contribution in [2.24, 2.45) is 0 Å². The molecule has 10 heteroatoms. The van der Waals surface area contributed by atoms with Gasteiger partial charge >= 0.3 is 0 Å². The summed E-state index contributed by atoms with van der Waals surface area (Å²) in [6, 6.07) is 2.89. The van der Waals surface area contributed by atoms with E-state index in [0.29, 0.717) is 0 Å². The lowest BCUT2D eigenvalue weighted by Crippen LogP contribution is -2.21. The highest BCUT2D eigenvalue weighted by atomic mass is 35.5. The van der Waals surface area contributed by atoms with Crippen molar-refractivity contribution in [1.29, 1.82) is 0 Å². The standard InChI is InChI=1S/C7H6Cl2N2O5S/c1-16-11(9)17(14,15)7-3-2-5(10(12)13)4-6(7)8/h2-4H,1H3. The van der Waals surface area contributed by atoms with Crippen molar-refractivity contribution in [3.63, 3.8) is 0 Å². The van der Waals surface area contributed by atoms with Gasteiger partial charge in [-0.1, -0.05) is 11.6 Å². The van der Waals surface area contributed by atoms with Crippen molar-refractivity contribution in [3.05, 3.63) is 33.3 Å². The first-order valence-corrected chi connectivity index (χ1v) is 6.15. The summed E-state index contributed by atoms with van der Waals surface area (Å²) in [5, 5.41) is 10.1. The molecule has 1 aromatic carbocycles. The van der Waals surface area contributed by atoms with Crippen molar-refractivity contribution in [3.8, 4) is 0 Å². The van der Waals surface area contributed by atoms with E-state index >= 15 is 0 Å². The molecule has 0 aliphatic rings. The Bertz CT molecular complexity index is 547. The van der Waals surface area contributed by atoms with Gasteiger partial charge in [0.15, 0.2) is 0 Å². The molecule has 0 aromatic heterocycles. The zero-order valence-corrected chi connectivity index (χ0v) is 10.7. The van der Waals surface area contributed by atoms with E-state index in [0.717, 1.165) is 25.3 Å². The van der Waals surface area contributed by atoms with Gasteiger partial charge in [-0.05, 0) is 6.07 Å². The third kappa shape index (κ3) is 2.85. The monoisotopic (exact) mass is 300 g/mol. The minimum atomic E-state index is -4.14. The summed E-state index contributed by atoms with van der Waals surface area (Å²) in [5.74, 6) is 0. The summed E-state index contributed by atoms with van der Waals surface area (Å²) in [6.45, 7) is 0. The van der Waals surface area contributed by atoms with Gasteiger partial charge in [0.1, 0.15) is 4.90 Å². The van der Waals surface area contributed by atoms with Crippen LogP contribution >= 0.6 is 23.4 Å². The lowest BCUT2D eigenvalue weighted by molar-refractivity contribution is -0.384. The Hall–Kier alpha value is -0.930. The van der Waals surface area contributed by atoms with Gasteiger partial charge in [-0.2, -0.15) is 0 Å². The summed E-state index contributed by atoms with van der Waals surface area (Å²) in [7, 11) is -3.09. The molecule has 94 valence electrons. The Labute approximate surface area is 107 Å². The summed E-state index contributed by atoms with van der Waals surface area (Å²) in [5.41, 5.74) is -0.326. The normalized spacial score (nSPS) is 11.8. The second-order valence-corrected chi connectivity index (χ2v) is 5.38. The van der Waals surface area contributed by atoms with Crippen LogP contribution in [0.5, 0.6) is 0 Å². The number of sulfonamides is 1. The molecule has 17 heavy (non-hydrogen) atoms. The first-order valence-electron chi connectivity index (χ1n) is 4.00. The first-order chi connectivity index (χ1) is 7.80. The molecular weight excluding hydrogens is 295 g/mol. The van der Waals surface area contributed by atoms with Crippen LogP contribution in [-0.4, -0.2) is 24.4 Å². The molecular formula is C7H6Cl2N2O5S. The fourth-order valence-corrected chi connectivity index (χ4v) is 2.57. The van der Waals surface area contributed by atoms with Gasteiger partial charge in [0.2, 0.25) is 0 Å². The summed E-state index contributed by atoms with van der Waals surface area (Å²) >= 11 is 10.9. The highest BCUT2D eigenvalue weighted by Gasteiger charge is 2.27. The van der Waals surface area contributed by atoms with Crippen molar-refractivity contribution < 1.29 is 18.2 Å². The Balaban J connectivity index is 3.31. The molecule has 0 aliphatic heterocycles. The Morgan fingerprint density at radius 3 is 2.47 bits per heavy atom. The number of halogens is 2. The molecule has 0 saturated carbocycles. The van der Waals surface area contributed by atoms with Crippen LogP contribution in [0.3, 0.4) is 0 Å². The van der Waals surface area contributed by atoms with E-state index in [9.17, 15) is 18.5 Å². The van der Waals surface area contributed by atoms with E-state index in [1.54, 1.807) is 0 Å². The van der Waals surface area contributed by atoms with Gasteiger partial charge < -0.3 is 0 Å². The molecule has 1 rings (SSSR count). The van der Waals surface area contributed by atoms with Crippen molar-refractivity contribution in [1.82, 2.24) is 3.99 Å². The molecule has 0 radical (unpaired) electrons. The maximum atomic E-state index is 11.7. The SMILES string of the molecule is CON(Cl)S(=O)(=O)c1ccc([N+](=O)[O-])cc1Cl. The predicted octanol–water partition coefficient (Wildman–Crippen LogP) is 1.95. The molecule has 0 spiro atoms. The van der Waals surface area contributed by atoms with E-state index in [1.807, 2.05) is 0 Å². The molecule has 0 heterocycles. The van der Waals surface area contributed by atoms with E-state index in [4.69, 9.17) is 23.4 Å².